The number of benzene rings is 1. The van der Waals surface area contributed by atoms with E-state index in [0.29, 0.717) is 12.3 Å². The number of para-hydroxylation sites is 1. The lowest BCUT2D eigenvalue weighted by molar-refractivity contribution is 0.0655. The van der Waals surface area contributed by atoms with Gasteiger partial charge >= 0.3 is 0 Å². The van der Waals surface area contributed by atoms with E-state index in [-0.39, 0.29) is 11.9 Å². The molecule has 0 N–H and O–H groups in total. The zero-order chi connectivity index (χ0) is 11.7. The Morgan fingerprint density at radius 3 is 2.65 bits per heavy atom. The Balaban J connectivity index is 1.80. The van der Waals surface area contributed by atoms with Gasteiger partial charge in [0.15, 0.2) is 5.78 Å². The Morgan fingerprint density at radius 2 is 1.82 bits per heavy atom. The van der Waals surface area contributed by atoms with Crippen LogP contribution in [0.1, 0.15) is 48.9 Å². The Bertz CT molecular complexity index is 419. The van der Waals surface area contributed by atoms with E-state index in [0.717, 1.165) is 11.3 Å². The van der Waals surface area contributed by atoms with E-state index in [9.17, 15) is 4.79 Å². The lowest BCUT2D eigenvalue weighted by atomic mass is 9.82. The van der Waals surface area contributed by atoms with Crippen LogP contribution in [-0.2, 0) is 0 Å². The van der Waals surface area contributed by atoms with Crippen molar-refractivity contribution in [3.63, 3.8) is 0 Å². The number of hydrogen-bond acceptors (Lipinski definition) is 2. The van der Waals surface area contributed by atoms with E-state index in [1.165, 1.54) is 32.1 Å². The van der Waals surface area contributed by atoms with E-state index in [1.807, 2.05) is 24.3 Å². The van der Waals surface area contributed by atoms with Gasteiger partial charge in [0.2, 0.25) is 0 Å². The highest BCUT2D eigenvalue weighted by Crippen LogP contribution is 2.35. The Morgan fingerprint density at radius 1 is 1.06 bits per heavy atom. The summed E-state index contributed by atoms with van der Waals surface area (Å²) < 4.78 is 6.02. The van der Waals surface area contributed by atoms with Crippen LogP contribution in [0.25, 0.3) is 0 Å². The summed E-state index contributed by atoms with van der Waals surface area (Å²) in [6.07, 6.45) is 7.06. The van der Waals surface area contributed by atoms with Crippen LogP contribution < -0.4 is 4.74 Å². The average Bonchev–Trinajstić information content (AvgIpc) is 2.40. The smallest absolute Gasteiger partial charge is 0.170 e. The van der Waals surface area contributed by atoms with Crippen LogP contribution in [0.2, 0.25) is 0 Å². The first-order valence-corrected chi connectivity index (χ1v) is 6.63. The van der Waals surface area contributed by atoms with Gasteiger partial charge < -0.3 is 4.74 Å². The van der Waals surface area contributed by atoms with Crippen molar-refractivity contribution in [1.29, 1.82) is 0 Å². The molecule has 0 saturated heterocycles. The number of hydrogen-bond donors (Lipinski definition) is 0. The molecule has 0 bridgehead atoms. The van der Waals surface area contributed by atoms with Crippen molar-refractivity contribution in [2.24, 2.45) is 5.92 Å². The molecule has 2 aliphatic rings. The molecule has 0 amide bonds. The summed E-state index contributed by atoms with van der Waals surface area (Å²) in [5, 5.41) is 0. The fourth-order valence-electron chi connectivity index (χ4n) is 3.07. The van der Waals surface area contributed by atoms with Crippen molar-refractivity contribution < 1.29 is 9.53 Å². The normalized spacial score (nSPS) is 25.2. The minimum absolute atomic E-state index is 0.123. The Hall–Kier alpha value is -1.31. The molecule has 3 rings (SSSR count). The predicted octanol–water partition coefficient (Wildman–Crippen LogP) is 3.60. The third-order valence-electron chi connectivity index (χ3n) is 4.03. The van der Waals surface area contributed by atoms with Gasteiger partial charge in [-0.2, -0.15) is 0 Å². The maximum absolute atomic E-state index is 12.1. The van der Waals surface area contributed by atoms with Gasteiger partial charge in [-0.1, -0.05) is 31.4 Å². The fraction of sp³-hybridized carbons (Fsp3) is 0.533. The van der Waals surface area contributed by atoms with Gasteiger partial charge in [0.25, 0.3) is 0 Å². The molecule has 1 aliphatic carbocycles. The predicted molar refractivity (Wildman–Crippen MR) is 66.4 cm³/mol. The van der Waals surface area contributed by atoms with E-state index < -0.39 is 0 Å². The van der Waals surface area contributed by atoms with Crippen LogP contribution in [-0.4, -0.2) is 11.9 Å². The van der Waals surface area contributed by atoms with Crippen LogP contribution in [0.15, 0.2) is 24.3 Å². The van der Waals surface area contributed by atoms with Gasteiger partial charge in [-0.05, 0) is 30.9 Å². The molecular formula is C15H18O2. The monoisotopic (exact) mass is 230 g/mol. The number of carbonyl (C=O) groups excluding carboxylic acids is 1. The molecular weight excluding hydrogens is 212 g/mol. The van der Waals surface area contributed by atoms with Crippen LogP contribution in [0.4, 0.5) is 0 Å². The highest BCUT2D eigenvalue weighted by atomic mass is 16.5. The largest absolute Gasteiger partial charge is 0.489 e. The second kappa shape index (κ2) is 4.52. The molecule has 2 heteroatoms. The maximum Gasteiger partial charge on any atom is 0.170 e. The summed E-state index contributed by atoms with van der Waals surface area (Å²) in [6.45, 7) is 0. The SMILES string of the molecule is O=C1C[C@@H](C2CCCCC2)Oc2ccccc21. The van der Waals surface area contributed by atoms with Crippen molar-refractivity contribution in [3.8, 4) is 5.75 Å². The van der Waals surface area contributed by atoms with Crippen LogP contribution >= 0.6 is 0 Å². The topological polar surface area (TPSA) is 26.3 Å². The van der Waals surface area contributed by atoms with Crippen LogP contribution in [0, 0.1) is 5.92 Å². The third kappa shape index (κ3) is 2.08. The number of Topliss-reactive ketones (excluding diaryl/α,β-unsaturated/α-hetero) is 1. The van der Waals surface area contributed by atoms with Crippen molar-refractivity contribution in [2.45, 2.75) is 44.6 Å². The summed E-state index contributed by atoms with van der Waals surface area (Å²) in [4.78, 5) is 12.1. The number of carbonyl (C=O) groups is 1. The summed E-state index contributed by atoms with van der Waals surface area (Å²) >= 11 is 0. The number of ether oxygens (including phenoxy) is 1. The summed E-state index contributed by atoms with van der Waals surface area (Å²) in [7, 11) is 0. The van der Waals surface area contributed by atoms with Crippen LogP contribution in [0.5, 0.6) is 5.75 Å². The first-order chi connectivity index (χ1) is 8.34. The van der Waals surface area contributed by atoms with Gasteiger partial charge in [-0.15, -0.1) is 0 Å². The first-order valence-electron chi connectivity index (χ1n) is 6.63. The van der Waals surface area contributed by atoms with Gasteiger partial charge in [0, 0.05) is 6.42 Å². The molecule has 1 fully saturated rings. The summed E-state index contributed by atoms with van der Waals surface area (Å²) in [5.41, 5.74) is 0.763. The van der Waals surface area contributed by atoms with Crippen molar-refractivity contribution in [2.75, 3.05) is 0 Å². The van der Waals surface area contributed by atoms with Crippen molar-refractivity contribution >= 4 is 5.78 Å². The van der Waals surface area contributed by atoms with E-state index in [1.54, 1.807) is 0 Å². The molecule has 0 spiro atoms. The lowest BCUT2D eigenvalue weighted by Crippen LogP contribution is -2.34. The second-order valence-electron chi connectivity index (χ2n) is 5.18. The second-order valence-corrected chi connectivity index (χ2v) is 5.18. The van der Waals surface area contributed by atoms with Gasteiger partial charge in [-0.3, -0.25) is 4.79 Å². The summed E-state index contributed by atoms with van der Waals surface area (Å²) in [5.74, 6) is 1.63. The standard InChI is InChI=1S/C15H18O2/c16-13-10-15(11-6-2-1-3-7-11)17-14-9-5-4-8-12(13)14/h4-5,8-9,11,15H,1-3,6-7,10H2/t15-/m0/s1. The molecule has 1 aromatic rings. The van der Waals surface area contributed by atoms with Crippen molar-refractivity contribution in [3.05, 3.63) is 29.8 Å². The van der Waals surface area contributed by atoms with E-state index >= 15 is 0 Å². The molecule has 1 saturated carbocycles. The molecule has 0 radical (unpaired) electrons. The molecule has 1 heterocycles. The minimum Gasteiger partial charge on any atom is -0.489 e. The third-order valence-corrected chi connectivity index (χ3v) is 4.03. The molecule has 2 nitrogen and oxygen atoms in total. The molecule has 0 aromatic heterocycles. The fourth-order valence-corrected chi connectivity index (χ4v) is 3.07. The van der Waals surface area contributed by atoms with Crippen LogP contribution in [0.3, 0.4) is 0 Å². The Kier molecular flexibility index (Phi) is 2.87. The maximum atomic E-state index is 12.1. The average molecular weight is 230 g/mol. The summed E-state index contributed by atoms with van der Waals surface area (Å²) in [6, 6.07) is 7.63. The van der Waals surface area contributed by atoms with Gasteiger partial charge in [0.05, 0.1) is 5.56 Å². The van der Waals surface area contributed by atoms with Gasteiger partial charge in [-0.25, -0.2) is 0 Å². The quantitative estimate of drug-likeness (QED) is 0.736. The highest BCUT2D eigenvalue weighted by Gasteiger charge is 2.32. The zero-order valence-corrected chi connectivity index (χ0v) is 10.0. The highest BCUT2D eigenvalue weighted by molar-refractivity contribution is 5.99. The number of ketones is 1. The molecule has 1 aliphatic heterocycles. The Labute approximate surface area is 102 Å². The molecule has 1 aromatic carbocycles. The van der Waals surface area contributed by atoms with E-state index in [4.69, 9.17) is 4.74 Å². The number of rotatable bonds is 1. The van der Waals surface area contributed by atoms with Gasteiger partial charge in [0.1, 0.15) is 11.9 Å². The number of fused-ring (bicyclic) bond motifs is 1. The van der Waals surface area contributed by atoms with Crippen molar-refractivity contribution in [1.82, 2.24) is 0 Å². The molecule has 17 heavy (non-hydrogen) atoms. The molecule has 1 atom stereocenters. The lowest BCUT2D eigenvalue weighted by Gasteiger charge is -2.33. The zero-order valence-electron chi connectivity index (χ0n) is 10.0. The minimum atomic E-state index is 0.123. The first kappa shape index (κ1) is 10.8. The van der Waals surface area contributed by atoms with E-state index in [2.05, 4.69) is 0 Å². The molecule has 0 unspecified atom stereocenters. The molecule has 90 valence electrons.